The third kappa shape index (κ3) is 1.74. The summed E-state index contributed by atoms with van der Waals surface area (Å²) < 4.78 is 2.72. The molecule has 0 unspecified atom stereocenters. The second-order valence-corrected chi connectivity index (χ2v) is 4.89. The Morgan fingerprint density at radius 3 is 2.60 bits per heavy atom. The van der Waals surface area contributed by atoms with Crippen LogP contribution in [0.4, 0.5) is 5.69 Å². The number of benzene rings is 1. The first kappa shape index (κ1) is 12.6. The quantitative estimate of drug-likeness (QED) is 0.626. The van der Waals surface area contributed by atoms with E-state index in [0.29, 0.717) is 5.52 Å². The van der Waals surface area contributed by atoms with E-state index in [1.165, 1.54) is 18.2 Å². The van der Waals surface area contributed by atoms with Gasteiger partial charge in [-0.3, -0.25) is 24.0 Å². The number of nitrogens with zero attached hydrogens (tertiary/aromatic N) is 3. The molecule has 1 aliphatic carbocycles. The van der Waals surface area contributed by atoms with E-state index in [1.54, 1.807) is 11.5 Å². The zero-order chi connectivity index (χ0) is 14.4. The van der Waals surface area contributed by atoms with E-state index >= 15 is 0 Å². The summed E-state index contributed by atoms with van der Waals surface area (Å²) in [6, 6.07) is 4.18. The summed E-state index contributed by atoms with van der Waals surface area (Å²) >= 11 is 0. The van der Waals surface area contributed by atoms with Crippen molar-refractivity contribution in [1.82, 2.24) is 9.13 Å². The molecule has 2 aromatic rings. The van der Waals surface area contributed by atoms with Crippen molar-refractivity contribution in [2.75, 3.05) is 0 Å². The third-order valence-electron chi connectivity index (χ3n) is 3.59. The maximum Gasteiger partial charge on any atom is 0.331 e. The standard InChI is InChI=1S/C13H13N3O4/c1-2-14-12(17)10-7-9(16(19)20)5-6-11(10)15(13(14)18)8-3-4-8/h5-8H,2-4H2,1H3. The number of rotatable bonds is 3. The van der Waals surface area contributed by atoms with Crippen molar-refractivity contribution in [1.29, 1.82) is 0 Å². The monoisotopic (exact) mass is 275 g/mol. The highest BCUT2D eigenvalue weighted by molar-refractivity contribution is 5.80. The molecule has 1 heterocycles. The zero-order valence-corrected chi connectivity index (χ0v) is 10.9. The smallest absolute Gasteiger partial charge is 0.290 e. The number of nitro groups is 1. The molecule has 1 aromatic carbocycles. The van der Waals surface area contributed by atoms with Crippen LogP contribution in [0.25, 0.3) is 10.9 Å². The minimum Gasteiger partial charge on any atom is -0.290 e. The highest BCUT2D eigenvalue weighted by Gasteiger charge is 2.28. The fourth-order valence-corrected chi connectivity index (χ4v) is 2.45. The van der Waals surface area contributed by atoms with E-state index in [4.69, 9.17) is 0 Å². The minimum atomic E-state index is -0.540. The van der Waals surface area contributed by atoms with E-state index in [1.807, 2.05) is 0 Å². The van der Waals surface area contributed by atoms with E-state index in [0.717, 1.165) is 17.4 Å². The summed E-state index contributed by atoms with van der Waals surface area (Å²) in [5, 5.41) is 11.1. The zero-order valence-electron chi connectivity index (χ0n) is 10.9. The van der Waals surface area contributed by atoms with Gasteiger partial charge in [0, 0.05) is 24.7 Å². The Hall–Kier alpha value is -2.44. The average molecular weight is 275 g/mol. The first-order chi connectivity index (χ1) is 9.54. The summed E-state index contributed by atoms with van der Waals surface area (Å²) in [6.45, 7) is 1.96. The SMILES string of the molecule is CCn1c(=O)c2cc([N+](=O)[O-])ccc2n(C2CC2)c1=O. The van der Waals surface area contributed by atoms with Gasteiger partial charge in [0.05, 0.1) is 15.8 Å². The van der Waals surface area contributed by atoms with Crippen molar-refractivity contribution in [2.24, 2.45) is 0 Å². The lowest BCUT2D eigenvalue weighted by Gasteiger charge is -2.12. The van der Waals surface area contributed by atoms with Gasteiger partial charge in [-0.2, -0.15) is 0 Å². The molecule has 0 radical (unpaired) electrons. The first-order valence-corrected chi connectivity index (χ1v) is 6.48. The van der Waals surface area contributed by atoms with Crippen molar-refractivity contribution in [3.8, 4) is 0 Å². The van der Waals surface area contributed by atoms with Crippen molar-refractivity contribution >= 4 is 16.6 Å². The van der Waals surface area contributed by atoms with Gasteiger partial charge < -0.3 is 0 Å². The number of hydrogen-bond donors (Lipinski definition) is 0. The van der Waals surface area contributed by atoms with Crippen molar-refractivity contribution in [3.05, 3.63) is 49.2 Å². The molecule has 104 valence electrons. The molecule has 1 fully saturated rings. The lowest BCUT2D eigenvalue weighted by molar-refractivity contribution is -0.384. The van der Waals surface area contributed by atoms with Gasteiger partial charge in [0.2, 0.25) is 0 Å². The number of aromatic nitrogens is 2. The second-order valence-electron chi connectivity index (χ2n) is 4.89. The van der Waals surface area contributed by atoms with Gasteiger partial charge in [0.1, 0.15) is 0 Å². The van der Waals surface area contributed by atoms with Gasteiger partial charge in [-0.25, -0.2) is 4.79 Å². The van der Waals surface area contributed by atoms with Crippen molar-refractivity contribution < 1.29 is 4.92 Å². The van der Waals surface area contributed by atoms with E-state index in [2.05, 4.69) is 0 Å². The van der Waals surface area contributed by atoms with E-state index in [-0.39, 0.29) is 29.3 Å². The largest absolute Gasteiger partial charge is 0.331 e. The van der Waals surface area contributed by atoms with Crippen LogP contribution in [0.1, 0.15) is 25.8 Å². The normalized spacial score (nSPS) is 14.7. The Balaban J connectivity index is 2.46. The van der Waals surface area contributed by atoms with Crippen LogP contribution in [-0.2, 0) is 6.54 Å². The third-order valence-corrected chi connectivity index (χ3v) is 3.59. The van der Waals surface area contributed by atoms with Crippen LogP contribution >= 0.6 is 0 Å². The van der Waals surface area contributed by atoms with Crippen LogP contribution in [0, 0.1) is 10.1 Å². The first-order valence-electron chi connectivity index (χ1n) is 6.48. The molecule has 0 amide bonds. The number of non-ortho nitro benzene ring substituents is 1. The molecule has 0 saturated heterocycles. The molecular weight excluding hydrogens is 262 g/mol. The lowest BCUT2D eigenvalue weighted by atomic mass is 10.2. The molecule has 1 aliphatic rings. The van der Waals surface area contributed by atoms with Crippen LogP contribution in [-0.4, -0.2) is 14.1 Å². The molecule has 0 aliphatic heterocycles. The molecule has 0 N–H and O–H groups in total. The molecule has 7 heteroatoms. The molecule has 1 saturated carbocycles. The van der Waals surface area contributed by atoms with Crippen LogP contribution in [0.15, 0.2) is 27.8 Å². The Labute approximate surface area is 113 Å². The summed E-state index contributed by atoms with van der Waals surface area (Å²) in [5.74, 6) is 0. The van der Waals surface area contributed by atoms with Crippen LogP contribution in [0.2, 0.25) is 0 Å². The molecule has 1 aromatic heterocycles. The fraction of sp³-hybridized carbons (Fsp3) is 0.385. The predicted octanol–water partition coefficient (Wildman–Crippen LogP) is 1.43. The Morgan fingerprint density at radius 1 is 1.35 bits per heavy atom. The van der Waals surface area contributed by atoms with Gasteiger partial charge in [0.25, 0.3) is 11.2 Å². The van der Waals surface area contributed by atoms with E-state index in [9.17, 15) is 19.7 Å². The van der Waals surface area contributed by atoms with Gasteiger partial charge >= 0.3 is 5.69 Å². The average Bonchev–Trinajstić information content (AvgIpc) is 3.23. The van der Waals surface area contributed by atoms with Crippen molar-refractivity contribution in [3.63, 3.8) is 0 Å². The molecule has 0 atom stereocenters. The van der Waals surface area contributed by atoms with Gasteiger partial charge in [-0.15, -0.1) is 0 Å². The fourth-order valence-electron chi connectivity index (χ4n) is 2.45. The van der Waals surface area contributed by atoms with Crippen LogP contribution < -0.4 is 11.2 Å². The molecular formula is C13H13N3O4. The Morgan fingerprint density at radius 2 is 2.05 bits per heavy atom. The number of fused-ring (bicyclic) bond motifs is 1. The number of nitro benzene ring substituents is 1. The van der Waals surface area contributed by atoms with Crippen LogP contribution in [0.5, 0.6) is 0 Å². The van der Waals surface area contributed by atoms with Gasteiger partial charge in [0.15, 0.2) is 0 Å². The summed E-state index contributed by atoms with van der Waals surface area (Å²) in [6.07, 6.45) is 1.79. The summed E-state index contributed by atoms with van der Waals surface area (Å²) in [5.41, 5.74) is -0.453. The molecule has 20 heavy (non-hydrogen) atoms. The lowest BCUT2D eigenvalue weighted by Crippen LogP contribution is -2.39. The highest BCUT2D eigenvalue weighted by Crippen LogP contribution is 2.35. The van der Waals surface area contributed by atoms with Gasteiger partial charge in [-0.05, 0) is 25.8 Å². The molecule has 3 rings (SSSR count). The summed E-state index contributed by atoms with van der Waals surface area (Å²) in [4.78, 5) is 34.9. The predicted molar refractivity (Wildman–Crippen MR) is 73.1 cm³/mol. The van der Waals surface area contributed by atoms with Crippen LogP contribution in [0.3, 0.4) is 0 Å². The van der Waals surface area contributed by atoms with E-state index < -0.39 is 10.5 Å². The Kier molecular flexibility index (Phi) is 2.70. The maximum atomic E-state index is 12.3. The second kappa shape index (κ2) is 4.29. The Bertz CT molecular complexity index is 830. The molecule has 7 nitrogen and oxygen atoms in total. The van der Waals surface area contributed by atoms with Gasteiger partial charge in [-0.1, -0.05) is 0 Å². The summed E-state index contributed by atoms with van der Waals surface area (Å²) in [7, 11) is 0. The minimum absolute atomic E-state index is 0.102. The highest BCUT2D eigenvalue weighted by atomic mass is 16.6. The maximum absolute atomic E-state index is 12.3. The number of hydrogen-bond acceptors (Lipinski definition) is 4. The topological polar surface area (TPSA) is 87.1 Å². The van der Waals surface area contributed by atoms with Crippen molar-refractivity contribution in [2.45, 2.75) is 32.4 Å². The molecule has 0 bridgehead atoms. The molecule has 0 spiro atoms.